The quantitative estimate of drug-likeness (QED) is 0.819. The number of rotatable bonds is 6. The van der Waals surface area contributed by atoms with Crippen LogP contribution in [0.5, 0.6) is 0 Å². The van der Waals surface area contributed by atoms with Gasteiger partial charge in [0.2, 0.25) is 5.95 Å². The Morgan fingerprint density at radius 1 is 1.11 bits per heavy atom. The topological polar surface area (TPSA) is 83.5 Å². The van der Waals surface area contributed by atoms with Crippen LogP contribution < -0.4 is 10.2 Å². The SMILES string of the molecule is CCOC(=O)N1CCN(c2cnnc(Nc3c(CC)cccc3CC)n2)CC1. The van der Waals surface area contributed by atoms with E-state index in [1.807, 2.05) is 6.92 Å². The Hall–Kier alpha value is -2.90. The van der Waals surface area contributed by atoms with E-state index in [-0.39, 0.29) is 6.09 Å². The molecule has 3 rings (SSSR count). The summed E-state index contributed by atoms with van der Waals surface area (Å²) in [4.78, 5) is 20.3. The Balaban J connectivity index is 1.71. The minimum Gasteiger partial charge on any atom is -0.450 e. The summed E-state index contributed by atoms with van der Waals surface area (Å²) in [6, 6.07) is 6.32. The predicted molar refractivity (Wildman–Crippen MR) is 109 cm³/mol. The van der Waals surface area contributed by atoms with E-state index >= 15 is 0 Å². The zero-order valence-corrected chi connectivity index (χ0v) is 16.8. The van der Waals surface area contributed by atoms with Gasteiger partial charge in [0, 0.05) is 31.9 Å². The molecule has 8 heteroatoms. The van der Waals surface area contributed by atoms with Crippen LogP contribution in [0.4, 0.5) is 22.2 Å². The molecule has 1 N–H and O–H groups in total. The third kappa shape index (κ3) is 4.49. The summed E-state index contributed by atoms with van der Waals surface area (Å²) in [5.74, 6) is 1.24. The van der Waals surface area contributed by atoms with E-state index in [0.717, 1.165) is 24.3 Å². The van der Waals surface area contributed by atoms with Gasteiger partial charge in [-0.25, -0.2) is 4.79 Å². The standard InChI is InChI=1S/C20H28N6O2/c1-4-15-8-7-9-16(5-2)18(15)23-19-22-17(14-21-24-19)25-10-12-26(13-11-25)20(27)28-6-3/h7-9,14H,4-6,10-13H2,1-3H3,(H,22,23,24). The lowest BCUT2D eigenvalue weighted by atomic mass is 10.0. The largest absolute Gasteiger partial charge is 0.450 e. The number of carbonyl (C=O) groups excluding carboxylic acids is 1. The van der Waals surface area contributed by atoms with Crippen molar-refractivity contribution in [1.29, 1.82) is 0 Å². The number of amides is 1. The molecule has 0 bridgehead atoms. The Labute approximate surface area is 165 Å². The highest BCUT2D eigenvalue weighted by atomic mass is 16.6. The molecule has 1 aliphatic rings. The van der Waals surface area contributed by atoms with Crippen molar-refractivity contribution in [3.05, 3.63) is 35.5 Å². The Morgan fingerprint density at radius 2 is 1.79 bits per heavy atom. The van der Waals surface area contributed by atoms with Crippen LogP contribution in [-0.2, 0) is 17.6 Å². The zero-order chi connectivity index (χ0) is 19.9. The fraction of sp³-hybridized carbons (Fsp3) is 0.500. The molecule has 1 saturated heterocycles. The summed E-state index contributed by atoms with van der Waals surface area (Å²) in [7, 11) is 0. The molecule has 0 atom stereocenters. The molecule has 0 saturated carbocycles. The number of para-hydroxylation sites is 1. The number of nitrogens with one attached hydrogen (secondary N) is 1. The minimum absolute atomic E-state index is 0.256. The Bertz CT molecular complexity index is 783. The number of piperazine rings is 1. The lowest BCUT2D eigenvalue weighted by Crippen LogP contribution is -2.49. The van der Waals surface area contributed by atoms with Crippen LogP contribution in [0.1, 0.15) is 31.9 Å². The molecule has 0 spiro atoms. The highest BCUT2D eigenvalue weighted by Gasteiger charge is 2.23. The fourth-order valence-electron chi connectivity index (χ4n) is 3.35. The van der Waals surface area contributed by atoms with Gasteiger partial charge in [-0.3, -0.25) is 0 Å². The van der Waals surface area contributed by atoms with Gasteiger partial charge < -0.3 is 19.9 Å². The van der Waals surface area contributed by atoms with Gasteiger partial charge in [0.05, 0.1) is 12.8 Å². The van der Waals surface area contributed by atoms with Crippen LogP contribution in [0, 0.1) is 0 Å². The smallest absolute Gasteiger partial charge is 0.409 e. The second-order valence-electron chi connectivity index (χ2n) is 6.59. The Kier molecular flexibility index (Phi) is 6.62. The second-order valence-corrected chi connectivity index (χ2v) is 6.59. The second kappa shape index (κ2) is 9.34. The lowest BCUT2D eigenvalue weighted by Gasteiger charge is -2.34. The van der Waals surface area contributed by atoms with E-state index in [1.54, 1.807) is 11.1 Å². The van der Waals surface area contributed by atoms with Crippen molar-refractivity contribution in [2.45, 2.75) is 33.6 Å². The first-order chi connectivity index (χ1) is 13.7. The molecule has 2 aromatic rings. The van der Waals surface area contributed by atoms with E-state index in [0.29, 0.717) is 38.7 Å². The molecule has 1 fully saturated rings. The number of carbonyl (C=O) groups is 1. The van der Waals surface area contributed by atoms with Gasteiger partial charge >= 0.3 is 6.09 Å². The van der Waals surface area contributed by atoms with Crippen LogP contribution in [0.2, 0.25) is 0 Å². The first-order valence-corrected chi connectivity index (χ1v) is 9.90. The maximum absolute atomic E-state index is 11.9. The molecular formula is C20H28N6O2. The van der Waals surface area contributed by atoms with Crippen molar-refractivity contribution >= 4 is 23.5 Å². The lowest BCUT2D eigenvalue weighted by molar-refractivity contribution is 0.105. The average Bonchev–Trinajstić information content (AvgIpc) is 2.74. The van der Waals surface area contributed by atoms with Gasteiger partial charge in [-0.05, 0) is 30.9 Å². The minimum atomic E-state index is -0.256. The summed E-state index contributed by atoms with van der Waals surface area (Å²) in [5.41, 5.74) is 3.53. The number of anilines is 3. The van der Waals surface area contributed by atoms with Crippen molar-refractivity contribution in [2.75, 3.05) is 43.0 Å². The molecule has 2 heterocycles. The van der Waals surface area contributed by atoms with Crippen LogP contribution >= 0.6 is 0 Å². The van der Waals surface area contributed by atoms with Crippen molar-refractivity contribution < 1.29 is 9.53 Å². The van der Waals surface area contributed by atoms with Crippen LogP contribution in [0.25, 0.3) is 0 Å². The van der Waals surface area contributed by atoms with Gasteiger partial charge in [0.15, 0.2) is 5.82 Å². The van der Waals surface area contributed by atoms with Crippen molar-refractivity contribution in [1.82, 2.24) is 20.1 Å². The predicted octanol–water partition coefficient (Wildman–Crippen LogP) is 3.02. The van der Waals surface area contributed by atoms with Gasteiger partial charge in [-0.1, -0.05) is 32.0 Å². The van der Waals surface area contributed by atoms with Crippen LogP contribution in [0.3, 0.4) is 0 Å². The molecule has 150 valence electrons. The van der Waals surface area contributed by atoms with Crippen molar-refractivity contribution in [3.8, 4) is 0 Å². The number of benzene rings is 1. The number of hydrogen-bond donors (Lipinski definition) is 1. The van der Waals surface area contributed by atoms with Gasteiger partial charge in [0.25, 0.3) is 0 Å². The highest BCUT2D eigenvalue weighted by Crippen LogP contribution is 2.25. The van der Waals surface area contributed by atoms with E-state index in [2.05, 4.69) is 57.4 Å². The number of hydrogen-bond acceptors (Lipinski definition) is 7. The summed E-state index contributed by atoms with van der Waals surface area (Å²) >= 11 is 0. The van der Waals surface area contributed by atoms with Crippen LogP contribution in [-0.4, -0.2) is 59.0 Å². The highest BCUT2D eigenvalue weighted by molar-refractivity contribution is 5.68. The van der Waals surface area contributed by atoms with Gasteiger partial charge in [-0.15, -0.1) is 5.10 Å². The summed E-state index contributed by atoms with van der Waals surface area (Å²) in [5, 5.41) is 11.7. The molecule has 1 aromatic heterocycles. The van der Waals surface area contributed by atoms with Gasteiger partial charge in [0.1, 0.15) is 0 Å². The van der Waals surface area contributed by atoms with E-state index in [9.17, 15) is 4.79 Å². The molecule has 0 aliphatic carbocycles. The maximum atomic E-state index is 11.9. The third-order valence-corrected chi connectivity index (χ3v) is 4.91. The number of ether oxygens (including phenoxy) is 1. The normalized spacial score (nSPS) is 14.1. The van der Waals surface area contributed by atoms with E-state index in [4.69, 9.17) is 4.74 Å². The van der Waals surface area contributed by atoms with Crippen LogP contribution in [0.15, 0.2) is 24.4 Å². The molecule has 0 unspecified atom stereocenters. The summed E-state index contributed by atoms with van der Waals surface area (Å²) in [6.45, 7) is 9.05. The number of aromatic nitrogens is 3. The molecule has 8 nitrogen and oxygen atoms in total. The molecule has 1 aromatic carbocycles. The average molecular weight is 384 g/mol. The fourth-order valence-corrected chi connectivity index (χ4v) is 3.35. The van der Waals surface area contributed by atoms with Crippen molar-refractivity contribution in [3.63, 3.8) is 0 Å². The summed E-state index contributed by atoms with van der Waals surface area (Å²) in [6.07, 6.45) is 3.27. The van der Waals surface area contributed by atoms with E-state index < -0.39 is 0 Å². The molecule has 0 radical (unpaired) electrons. The number of aryl methyl sites for hydroxylation is 2. The zero-order valence-electron chi connectivity index (χ0n) is 16.8. The first kappa shape index (κ1) is 19.9. The first-order valence-electron chi connectivity index (χ1n) is 9.90. The van der Waals surface area contributed by atoms with Crippen molar-refractivity contribution in [2.24, 2.45) is 0 Å². The van der Waals surface area contributed by atoms with Gasteiger partial charge in [-0.2, -0.15) is 10.1 Å². The maximum Gasteiger partial charge on any atom is 0.409 e. The van der Waals surface area contributed by atoms with E-state index in [1.165, 1.54) is 11.1 Å². The molecule has 1 aliphatic heterocycles. The third-order valence-electron chi connectivity index (χ3n) is 4.91. The molecule has 1 amide bonds. The summed E-state index contributed by atoms with van der Waals surface area (Å²) < 4.78 is 5.07. The molecule has 28 heavy (non-hydrogen) atoms. The molecular weight excluding hydrogens is 356 g/mol. The monoisotopic (exact) mass is 384 g/mol. The Morgan fingerprint density at radius 3 is 2.39 bits per heavy atom. The number of nitrogens with zero attached hydrogens (tertiary/aromatic N) is 5.